The molecule has 7 heteroatoms. The van der Waals surface area contributed by atoms with E-state index in [1.54, 1.807) is 13.1 Å². The molecule has 2 aromatic rings. The predicted octanol–water partition coefficient (Wildman–Crippen LogP) is 1.72. The van der Waals surface area contributed by atoms with Crippen LogP contribution >= 0.6 is 11.3 Å². The van der Waals surface area contributed by atoms with Gasteiger partial charge >= 0.3 is 11.8 Å². The predicted molar refractivity (Wildman–Crippen MR) is 61.6 cm³/mol. The minimum Gasteiger partial charge on any atom is -0.339 e. The van der Waals surface area contributed by atoms with Crippen LogP contribution in [0, 0.1) is 6.92 Å². The van der Waals surface area contributed by atoms with Gasteiger partial charge in [-0.15, -0.1) is 11.3 Å². The van der Waals surface area contributed by atoms with Crippen LogP contribution in [0.15, 0.2) is 16.1 Å². The molecule has 0 saturated carbocycles. The number of hydrogen-bond donors (Lipinski definition) is 1. The molecule has 0 aromatic carbocycles. The average Bonchev–Trinajstić information content (AvgIpc) is 2.96. The molecule has 0 aliphatic heterocycles. The van der Waals surface area contributed by atoms with E-state index in [1.165, 1.54) is 11.3 Å². The van der Waals surface area contributed by atoms with Gasteiger partial charge in [0.15, 0.2) is 5.82 Å². The van der Waals surface area contributed by atoms with Gasteiger partial charge in [0.2, 0.25) is 0 Å². The standard InChI is InChI=1S/C10H12N4O2S/c1-3-7(10-11-4-5-17-10)13-8(15)9-12-6(2)14-16-9/h4-5,7H,3H2,1-2H3,(H,13,15). The van der Waals surface area contributed by atoms with Crippen LogP contribution in [0.4, 0.5) is 0 Å². The molecule has 1 atom stereocenters. The molecule has 17 heavy (non-hydrogen) atoms. The van der Waals surface area contributed by atoms with Gasteiger partial charge < -0.3 is 9.84 Å². The van der Waals surface area contributed by atoms with Gasteiger partial charge in [0, 0.05) is 11.6 Å². The quantitative estimate of drug-likeness (QED) is 0.896. The number of nitrogens with zero attached hydrogens (tertiary/aromatic N) is 3. The number of aromatic nitrogens is 3. The molecule has 0 aliphatic carbocycles. The zero-order chi connectivity index (χ0) is 12.3. The summed E-state index contributed by atoms with van der Waals surface area (Å²) < 4.78 is 4.80. The molecular weight excluding hydrogens is 240 g/mol. The Morgan fingerprint density at radius 3 is 3.00 bits per heavy atom. The van der Waals surface area contributed by atoms with Crippen LogP contribution in [0.1, 0.15) is 40.9 Å². The summed E-state index contributed by atoms with van der Waals surface area (Å²) in [6.07, 6.45) is 2.47. The maximum Gasteiger partial charge on any atom is 0.315 e. The number of nitrogens with one attached hydrogen (secondary N) is 1. The van der Waals surface area contributed by atoms with Gasteiger partial charge in [-0.1, -0.05) is 12.1 Å². The maximum atomic E-state index is 11.8. The lowest BCUT2D eigenvalue weighted by Crippen LogP contribution is -2.28. The first-order chi connectivity index (χ1) is 8.20. The van der Waals surface area contributed by atoms with E-state index in [9.17, 15) is 4.79 Å². The van der Waals surface area contributed by atoms with E-state index in [0.717, 1.165) is 11.4 Å². The van der Waals surface area contributed by atoms with Crippen molar-refractivity contribution in [2.24, 2.45) is 0 Å². The van der Waals surface area contributed by atoms with Crippen LogP contribution in [0.25, 0.3) is 0 Å². The largest absolute Gasteiger partial charge is 0.339 e. The van der Waals surface area contributed by atoms with Crippen LogP contribution in [-0.4, -0.2) is 21.0 Å². The van der Waals surface area contributed by atoms with Crippen molar-refractivity contribution in [2.75, 3.05) is 0 Å². The molecule has 0 aliphatic rings. The van der Waals surface area contributed by atoms with Crippen molar-refractivity contribution in [3.8, 4) is 0 Å². The van der Waals surface area contributed by atoms with Gasteiger partial charge in [-0.25, -0.2) is 4.98 Å². The van der Waals surface area contributed by atoms with Crippen molar-refractivity contribution in [3.05, 3.63) is 28.3 Å². The second-order valence-electron chi connectivity index (χ2n) is 3.45. The molecule has 0 fully saturated rings. The number of thiazole rings is 1. The molecule has 1 unspecified atom stereocenters. The Kier molecular flexibility index (Phi) is 3.48. The van der Waals surface area contributed by atoms with Gasteiger partial charge in [0.25, 0.3) is 0 Å². The van der Waals surface area contributed by atoms with Crippen LogP contribution in [0.3, 0.4) is 0 Å². The fourth-order valence-corrected chi connectivity index (χ4v) is 2.13. The van der Waals surface area contributed by atoms with Crippen molar-refractivity contribution in [1.82, 2.24) is 20.4 Å². The molecule has 90 valence electrons. The highest BCUT2D eigenvalue weighted by molar-refractivity contribution is 7.09. The lowest BCUT2D eigenvalue weighted by atomic mass is 10.2. The van der Waals surface area contributed by atoms with Crippen molar-refractivity contribution in [1.29, 1.82) is 0 Å². The molecule has 6 nitrogen and oxygen atoms in total. The molecule has 1 amide bonds. The summed E-state index contributed by atoms with van der Waals surface area (Å²) in [6, 6.07) is -0.116. The zero-order valence-corrected chi connectivity index (χ0v) is 10.3. The second kappa shape index (κ2) is 5.05. The fourth-order valence-electron chi connectivity index (χ4n) is 1.35. The summed E-state index contributed by atoms with van der Waals surface area (Å²) in [4.78, 5) is 19.8. The third kappa shape index (κ3) is 2.68. The minimum atomic E-state index is -0.368. The third-order valence-electron chi connectivity index (χ3n) is 2.18. The average molecular weight is 252 g/mol. The third-order valence-corrected chi connectivity index (χ3v) is 3.07. The van der Waals surface area contributed by atoms with Gasteiger partial charge in [-0.05, 0) is 13.3 Å². The maximum absolute atomic E-state index is 11.8. The Hall–Kier alpha value is -1.76. The smallest absolute Gasteiger partial charge is 0.315 e. The molecule has 0 saturated heterocycles. The van der Waals surface area contributed by atoms with E-state index in [1.807, 2.05) is 12.3 Å². The van der Waals surface area contributed by atoms with Gasteiger partial charge in [-0.2, -0.15) is 4.98 Å². The highest BCUT2D eigenvalue weighted by atomic mass is 32.1. The second-order valence-corrected chi connectivity index (χ2v) is 4.38. The van der Waals surface area contributed by atoms with Crippen LogP contribution < -0.4 is 5.32 Å². The molecular formula is C10H12N4O2S. The van der Waals surface area contributed by atoms with Crippen LogP contribution in [0.2, 0.25) is 0 Å². The summed E-state index contributed by atoms with van der Waals surface area (Å²) in [6.45, 7) is 3.64. The SMILES string of the molecule is CCC(NC(=O)c1nc(C)no1)c1nccs1. The molecule has 2 aromatic heterocycles. The summed E-state index contributed by atoms with van der Waals surface area (Å²) in [7, 11) is 0. The monoisotopic (exact) mass is 252 g/mol. The van der Waals surface area contributed by atoms with Crippen molar-refractivity contribution in [3.63, 3.8) is 0 Å². The molecule has 0 spiro atoms. The Morgan fingerprint density at radius 1 is 1.65 bits per heavy atom. The Labute approximate surface area is 102 Å². The van der Waals surface area contributed by atoms with Gasteiger partial charge in [0.1, 0.15) is 5.01 Å². The van der Waals surface area contributed by atoms with E-state index < -0.39 is 0 Å². The van der Waals surface area contributed by atoms with E-state index in [-0.39, 0.29) is 17.8 Å². The first-order valence-corrected chi connectivity index (χ1v) is 6.09. The van der Waals surface area contributed by atoms with Crippen molar-refractivity contribution >= 4 is 17.2 Å². The summed E-state index contributed by atoms with van der Waals surface area (Å²) in [5.74, 6) is 0.0580. The lowest BCUT2D eigenvalue weighted by Gasteiger charge is -2.12. The van der Waals surface area contributed by atoms with Crippen molar-refractivity contribution in [2.45, 2.75) is 26.3 Å². The zero-order valence-electron chi connectivity index (χ0n) is 9.51. The van der Waals surface area contributed by atoms with E-state index >= 15 is 0 Å². The van der Waals surface area contributed by atoms with Gasteiger partial charge in [0.05, 0.1) is 6.04 Å². The Balaban J connectivity index is 2.07. The first kappa shape index (κ1) is 11.7. The topological polar surface area (TPSA) is 80.9 Å². The summed E-state index contributed by atoms with van der Waals surface area (Å²) >= 11 is 1.51. The summed E-state index contributed by atoms with van der Waals surface area (Å²) in [5.41, 5.74) is 0. The molecule has 2 heterocycles. The fraction of sp³-hybridized carbons (Fsp3) is 0.400. The number of carbonyl (C=O) groups is 1. The van der Waals surface area contributed by atoms with Gasteiger partial charge in [-0.3, -0.25) is 4.79 Å². The molecule has 2 rings (SSSR count). The summed E-state index contributed by atoms with van der Waals surface area (Å²) in [5, 5.41) is 9.13. The van der Waals surface area contributed by atoms with Crippen molar-refractivity contribution < 1.29 is 9.32 Å². The first-order valence-electron chi connectivity index (χ1n) is 5.21. The number of hydrogen-bond acceptors (Lipinski definition) is 6. The normalized spacial score (nSPS) is 12.4. The van der Waals surface area contributed by atoms with Crippen LogP contribution in [0.5, 0.6) is 0 Å². The molecule has 0 radical (unpaired) electrons. The minimum absolute atomic E-state index is 0.0162. The highest BCUT2D eigenvalue weighted by Crippen LogP contribution is 2.19. The Morgan fingerprint density at radius 2 is 2.47 bits per heavy atom. The van der Waals surface area contributed by atoms with E-state index in [2.05, 4.69) is 20.4 Å². The number of carbonyl (C=O) groups excluding carboxylic acids is 1. The van der Waals surface area contributed by atoms with Crippen LogP contribution in [-0.2, 0) is 0 Å². The van der Waals surface area contributed by atoms with E-state index in [0.29, 0.717) is 5.82 Å². The highest BCUT2D eigenvalue weighted by Gasteiger charge is 2.19. The molecule has 0 bridgehead atoms. The number of rotatable bonds is 4. The Bertz CT molecular complexity index is 494. The molecule has 1 N–H and O–H groups in total. The van der Waals surface area contributed by atoms with E-state index in [4.69, 9.17) is 4.52 Å². The number of aryl methyl sites for hydroxylation is 1. The number of amides is 1. The lowest BCUT2D eigenvalue weighted by molar-refractivity contribution is 0.0891.